The van der Waals surface area contributed by atoms with Crippen LogP contribution in [0.3, 0.4) is 0 Å². The Hall–Kier alpha value is -1.64. The molecule has 90 valence electrons. The summed E-state index contributed by atoms with van der Waals surface area (Å²) in [5, 5.41) is 0. The van der Waals surface area contributed by atoms with Crippen molar-refractivity contribution in [2.24, 2.45) is 0 Å². The van der Waals surface area contributed by atoms with E-state index in [1.54, 1.807) is 12.3 Å². The lowest BCUT2D eigenvalue weighted by molar-refractivity contribution is 0.104. The van der Waals surface area contributed by atoms with Gasteiger partial charge in [-0.1, -0.05) is 12.0 Å². The van der Waals surface area contributed by atoms with Gasteiger partial charge in [0.1, 0.15) is 5.82 Å². The van der Waals surface area contributed by atoms with Crippen molar-refractivity contribution in [1.29, 1.82) is 0 Å². The molecule has 0 saturated heterocycles. The van der Waals surface area contributed by atoms with Crippen molar-refractivity contribution in [1.82, 2.24) is 4.98 Å². The van der Waals surface area contributed by atoms with Gasteiger partial charge in [0.05, 0.1) is 5.56 Å². The summed E-state index contributed by atoms with van der Waals surface area (Å²) in [4.78, 5) is 16.1. The number of carbonyl (C=O) groups excluding carboxylic acids is 1. The zero-order chi connectivity index (χ0) is 12.3. The Kier molecular flexibility index (Phi) is 3.57. The van der Waals surface area contributed by atoms with Crippen molar-refractivity contribution in [3.8, 4) is 0 Å². The molecular formula is C14H18N2O. The molecule has 0 bridgehead atoms. The predicted molar refractivity (Wildman–Crippen MR) is 68.9 cm³/mol. The molecule has 1 saturated carbocycles. The highest BCUT2D eigenvalue weighted by Gasteiger charge is 2.13. The molecule has 1 aliphatic rings. The first kappa shape index (κ1) is 11.8. The fourth-order valence-electron chi connectivity index (χ4n) is 2.31. The van der Waals surface area contributed by atoms with E-state index in [0.29, 0.717) is 11.4 Å². The van der Waals surface area contributed by atoms with Gasteiger partial charge in [0.2, 0.25) is 0 Å². The number of nitrogens with two attached hydrogens (primary N) is 1. The van der Waals surface area contributed by atoms with E-state index in [1.165, 1.54) is 24.8 Å². The summed E-state index contributed by atoms with van der Waals surface area (Å²) in [6, 6.07) is 1.82. The van der Waals surface area contributed by atoms with Crippen molar-refractivity contribution in [3.63, 3.8) is 0 Å². The van der Waals surface area contributed by atoms with Crippen LogP contribution in [0.15, 0.2) is 23.9 Å². The Morgan fingerprint density at radius 3 is 2.71 bits per heavy atom. The van der Waals surface area contributed by atoms with Crippen molar-refractivity contribution >= 4 is 11.6 Å². The third-order valence-corrected chi connectivity index (χ3v) is 3.27. The van der Waals surface area contributed by atoms with Gasteiger partial charge in [0.15, 0.2) is 5.78 Å². The van der Waals surface area contributed by atoms with E-state index in [2.05, 4.69) is 4.98 Å². The highest BCUT2D eigenvalue weighted by Crippen LogP contribution is 2.24. The normalized spacial score (nSPS) is 15.7. The van der Waals surface area contributed by atoms with E-state index in [9.17, 15) is 4.79 Å². The highest BCUT2D eigenvalue weighted by atomic mass is 16.1. The lowest BCUT2D eigenvalue weighted by Crippen LogP contribution is -2.07. The van der Waals surface area contributed by atoms with Crippen molar-refractivity contribution in [2.45, 2.75) is 39.0 Å². The topological polar surface area (TPSA) is 56.0 Å². The number of aryl methyl sites for hydroxylation is 1. The minimum absolute atomic E-state index is 0.00463. The Morgan fingerprint density at radius 2 is 2.06 bits per heavy atom. The van der Waals surface area contributed by atoms with Crippen LogP contribution in [0.25, 0.3) is 0 Å². The van der Waals surface area contributed by atoms with E-state index in [1.807, 2.05) is 13.0 Å². The second-order valence-corrected chi connectivity index (χ2v) is 4.62. The SMILES string of the molecule is Cc1ccnc(N)c1C(=O)C=C1CCCCC1. The number of hydrogen-bond acceptors (Lipinski definition) is 3. The van der Waals surface area contributed by atoms with Crippen molar-refractivity contribution in [3.05, 3.63) is 35.0 Å². The van der Waals surface area contributed by atoms with Gasteiger partial charge in [0.25, 0.3) is 0 Å². The second-order valence-electron chi connectivity index (χ2n) is 4.62. The molecule has 0 aliphatic heterocycles. The van der Waals surface area contributed by atoms with E-state index < -0.39 is 0 Å². The summed E-state index contributed by atoms with van der Waals surface area (Å²) >= 11 is 0. The lowest BCUT2D eigenvalue weighted by atomic mass is 9.93. The van der Waals surface area contributed by atoms with Crippen molar-refractivity contribution in [2.75, 3.05) is 5.73 Å². The lowest BCUT2D eigenvalue weighted by Gasteiger charge is -2.13. The zero-order valence-electron chi connectivity index (χ0n) is 10.2. The smallest absolute Gasteiger partial charge is 0.189 e. The Balaban J connectivity index is 2.25. The minimum atomic E-state index is 0.00463. The van der Waals surface area contributed by atoms with Crippen LogP contribution in [0.2, 0.25) is 0 Å². The maximum absolute atomic E-state index is 12.2. The maximum atomic E-state index is 12.2. The molecule has 3 heteroatoms. The number of aromatic nitrogens is 1. The number of allylic oxidation sites excluding steroid dienone is 2. The summed E-state index contributed by atoms with van der Waals surface area (Å²) in [6.45, 7) is 1.89. The molecule has 0 atom stereocenters. The average molecular weight is 230 g/mol. The molecular weight excluding hydrogens is 212 g/mol. The first-order valence-electron chi connectivity index (χ1n) is 6.13. The number of ketones is 1. The number of nitrogen functional groups attached to an aromatic ring is 1. The monoisotopic (exact) mass is 230 g/mol. The van der Waals surface area contributed by atoms with Crippen LogP contribution in [0, 0.1) is 6.92 Å². The van der Waals surface area contributed by atoms with Crippen LogP contribution in [-0.2, 0) is 0 Å². The fraction of sp³-hybridized carbons (Fsp3) is 0.429. The minimum Gasteiger partial charge on any atom is -0.383 e. The molecule has 1 aromatic rings. The predicted octanol–water partition coefficient (Wildman–Crippen LogP) is 3.05. The van der Waals surface area contributed by atoms with Crippen LogP contribution < -0.4 is 5.73 Å². The Labute approximate surface area is 102 Å². The van der Waals surface area contributed by atoms with Gasteiger partial charge in [-0.2, -0.15) is 0 Å². The van der Waals surface area contributed by atoms with E-state index in [0.717, 1.165) is 18.4 Å². The highest BCUT2D eigenvalue weighted by molar-refractivity contribution is 6.08. The molecule has 3 nitrogen and oxygen atoms in total. The maximum Gasteiger partial charge on any atom is 0.189 e. The van der Waals surface area contributed by atoms with Gasteiger partial charge >= 0.3 is 0 Å². The molecule has 2 rings (SSSR count). The van der Waals surface area contributed by atoms with Crippen LogP contribution in [0.1, 0.15) is 48.0 Å². The molecule has 2 N–H and O–H groups in total. The quantitative estimate of drug-likeness (QED) is 0.627. The number of hydrogen-bond donors (Lipinski definition) is 1. The average Bonchev–Trinajstić information content (AvgIpc) is 2.30. The molecule has 1 fully saturated rings. The summed E-state index contributed by atoms with van der Waals surface area (Å²) in [5.41, 5.74) is 8.48. The molecule has 1 heterocycles. The summed E-state index contributed by atoms with van der Waals surface area (Å²) in [6.07, 6.45) is 9.16. The number of rotatable bonds is 2. The molecule has 17 heavy (non-hydrogen) atoms. The Morgan fingerprint density at radius 1 is 1.35 bits per heavy atom. The third kappa shape index (κ3) is 2.73. The number of carbonyl (C=O) groups is 1. The van der Waals surface area contributed by atoms with Gasteiger partial charge in [-0.25, -0.2) is 4.98 Å². The number of pyridine rings is 1. The molecule has 0 spiro atoms. The van der Waals surface area contributed by atoms with Crippen LogP contribution >= 0.6 is 0 Å². The molecule has 1 aliphatic carbocycles. The van der Waals surface area contributed by atoms with Gasteiger partial charge in [-0.3, -0.25) is 4.79 Å². The molecule has 0 unspecified atom stereocenters. The summed E-state index contributed by atoms with van der Waals surface area (Å²) in [7, 11) is 0. The molecule has 1 aromatic heterocycles. The first-order valence-corrected chi connectivity index (χ1v) is 6.13. The largest absolute Gasteiger partial charge is 0.383 e. The van der Waals surface area contributed by atoms with Gasteiger partial charge in [-0.05, 0) is 50.3 Å². The summed E-state index contributed by atoms with van der Waals surface area (Å²) in [5.74, 6) is 0.340. The fourth-order valence-corrected chi connectivity index (χ4v) is 2.31. The standard InChI is InChI=1S/C14H18N2O/c1-10-7-8-16-14(15)13(10)12(17)9-11-5-3-2-4-6-11/h7-9H,2-6H2,1H3,(H2,15,16). The number of nitrogens with zero attached hydrogens (tertiary/aromatic N) is 1. The van der Waals surface area contributed by atoms with Gasteiger partial charge in [-0.15, -0.1) is 0 Å². The van der Waals surface area contributed by atoms with Crippen LogP contribution in [0.4, 0.5) is 5.82 Å². The van der Waals surface area contributed by atoms with E-state index in [-0.39, 0.29) is 5.78 Å². The van der Waals surface area contributed by atoms with E-state index in [4.69, 9.17) is 5.73 Å². The zero-order valence-corrected chi connectivity index (χ0v) is 10.2. The van der Waals surface area contributed by atoms with E-state index >= 15 is 0 Å². The Bertz CT molecular complexity index is 435. The molecule has 0 aromatic carbocycles. The van der Waals surface area contributed by atoms with Gasteiger partial charge in [0, 0.05) is 6.20 Å². The van der Waals surface area contributed by atoms with Crippen LogP contribution in [-0.4, -0.2) is 10.8 Å². The molecule has 0 amide bonds. The molecule has 0 radical (unpaired) electrons. The van der Waals surface area contributed by atoms with Crippen LogP contribution in [0.5, 0.6) is 0 Å². The third-order valence-electron chi connectivity index (χ3n) is 3.27. The van der Waals surface area contributed by atoms with Crippen molar-refractivity contribution < 1.29 is 4.79 Å². The summed E-state index contributed by atoms with van der Waals surface area (Å²) < 4.78 is 0. The first-order chi connectivity index (χ1) is 8.18. The number of anilines is 1. The van der Waals surface area contributed by atoms with Gasteiger partial charge < -0.3 is 5.73 Å². The second kappa shape index (κ2) is 5.13.